The van der Waals surface area contributed by atoms with Crippen LogP contribution in [-0.4, -0.2) is 45.9 Å². The number of hydrogen-bond acceptors (Lipinski definition) is 3. The van der Waals surface area contributed by atoms with Gasteiger partial charge in [-0.05, 0) is 30.5 Å². The molecule has 0 N–H and O–H groups in total. The number of aryl methyl sites for hydroxylation is 1. The Bertz CT molecular complexity index is 473. The smallest absolute Gasteiger partial charge is 0.242 e. The first-order valence-electron chi connectivity index (χ1n) is 6.12. The van der Waals surface area contributed by atoms with E-state index in [1.807, 2.05) is 0 Å². The standard InChI is InChI=1S/C13H20ClNO3S/c1-15(10-3-11-18-2)19(16,17)13-6-4-12(5-7-13)8-9-14/h4-7H,3,8-11H2,1-2H3. The fraction of sp³-hybridized carbons (Fsp3) is 0.538. The van der Waals surface area contributed by atoms with E-state index in [0.717, 1.165) is 12.0 Å². The Hall–Kier alpha value is -0.620. The van der Waals surface area contributed by atoms with Gasteiger partial charge in [0.2, 0.25) is 10.0 Å². The van der Waals surface area contributed by atoms with Crippen molar-refractivity contribution in [2.75, 3.05) is 33.2 Å². The van der Waals surface area contributed by atoms with Gasteiger partial charge in [-0.2, -0.15) is 0 Å². The summed E-state index contributed by atoms with van der Waals surface area (Å²) in [4.78, 5) is 0.311. The Morgan fingerprint density at radius 3 is 2.42 bits per heavy atom. The topological polar surface area (TPSA) is 46.6 Å². The van der Waals surface area contributed by atoms with Gasteiger partial charge in [0, 0.05) is 33.2 Å². The van der Waals surface area contributed by atoms with E-state index in [1.54, 1.807) is 38.4 Å². The first kappa shape index (κ1) is 16.4. The second kappa shape index (κ2) is 7.85. The van der Waals surface area contributed by atoms with Crippen LogP contribution in [0.3, 0.4) is 0 Å². The second-order valence-corrected chi connectivity index (χ2v) is 6.68. The van der Waals surface area contributed by atoms with Crippen molar-refractivity contribution < 1.29 is 13.2 Å². The van der Waals surface area contributed by atoms with Crippen LogP contribution in [0.1, 0.15) is 12.0 Å². The summed E-state index contributed by atoms with van der Waals surface area (Å²) in [7, 11) is -0.224. The van der Waals surface area contributed by atoms with Gasteiger partial charge in [-0.1, -0.05) is 12.1 Å². The van der Waals surface area contributed by atoms with Gasteiger partial charge in [0.25, 0.3) is 0 Å². The Morgan fingerprint density at radius 1 is 1.26 bits per heavy atom. The van der Waals surface area contributed by atoms with Crippen molar-refractivity contribution in [1.82, 2.24) is 4.31 Å². The lowest BCUT2D eigenvalue weighted by molar-refractivity contribution is 0.189. The van der Waals surface area contributed by atoms with Crippen molar-refractivity contribution in [2.45, 2.75) is 17.7 Å². The first-order chi connectivity index (χ1) is 9.02. The molecule has 0 fully saturated rings. The number of nitrogens with zero attached hydrogens (tertiary/aromatic N) is 1. The molecule has 0 radical (unpaired) electrons. The molecule has 0 spiro atoms. The number of hydrogen-bond donors (Lipinski definition) is 0. The third kappa shape index (κ3) is 4.76. The summed E-state index contributed by atoms with van der Waals surface area (Å²) in [6.45, 7) is 0.994. The van der Waals surface area contributed by atoms with Crippen molar-refractivity contribution in [1.29, 1.82) is 0 Å². The number of rotatable bonds is 8. The molecule has 1 rings (SSSR count). The predicted octanol–water partition coefficient (Wildman–Crippen LogP) is 2.12. The quantitative estimate of drug-likeness (QED) is 0.546. The zero-order chi connectivity index (χ0) is 14.3. The number of halogens is 1. The largest absolute Gasteiger partial charge is 0.385 e. The zero-order valence-electron chi connectivity index (χ0n) is 11.3. The van der Waals surface area contributed by atoms with Gasteiger partial charge in [-0.15, -0.1) is 11.6 Å². The third-order valence-corrected chi connectivity index (χ3v) is 4.90. The first-order valence-corrected chi connectivity index (χ1v) is 8.10. The highest BCUT2D eigenvalue weighted by Crippen LogP contribution is 2.16. The molecule has 0 aliphatic carbocycles. The molecule has 0 unspecified atom stereocenters. The van der Waals surface area contributed by atoms with E-state index in [9.17, 15) is 8.42 Å². The van der Waals surface area contributed by atoms with Crippen LogP contribution in [0.5, 0.6) is 0 Å². The number of alkyl halides is 1. The maximum absolute atomic E-state index is 12.3. The molecule has 1 aromatic carbocycles. The maximum atomic E-state index is 12.3. The number of sulfonamides is 1. The number of ether oxygens (including phenoxy) is 1. The lowest BCUT2D eigenvalue weighted by atomic mass is 10.2. The highest BCUT2D eigenvalue weighted by Gasteiger charge is 2.19. The molecule has 0 aliphatic heterocycles. The highest BCUT2D eigenvalue weighted by molar-refractivity contribution is 7.89. The third-order valence-electron chi connectivity index (χ3n) is 2.84. The summed E-state index contributed by atoms with van der Waals surface area (Å²) < 4.78 is 30.8. The maximum Gasteiger partial charge on any atom is 0.242 e. The molecule has 0 aliphatic rings. The van der Waals surface area contributed by atoms with Gasteiger partial charge in [-0.25, -0.2) is 12.7 Å². The van der Waals surface area contributed by atoms with Gasteiger partial charge in [0.15, 0.2) is 0 Å². The summed E-state index contributed by atoms with van der Waals surface area (Å²) >= 11 is 5.65. The minimum atomic E-state index is -3.41. The molecule has 0 heterocycles. The van der Waals surface area contributed by atoms with E-state index < -0.39 is 10.0 Å². The summed E-state index contributed by atoms with van der Waals surface area (Å²) in [6.07, 6.45) is 1.42. The van der Waals surface area contributed by atoms with E-state index in [1.165, 1.54) is 4.31 Å². The minimum absolute atomic E-state index is 0.311. The summed E-state index contributed by atoms with van der Waals surface area (Å²) in [6, 6.07) is 6.87. The lowest BCUT2D eigenvalue weighted by Gasteiger charge is -2.17. The van der Waals surface area contributed by atoms with Crippen LogP contribution in [-0.2, 0) is 21.2 Å². The van der Waals surface area contributed by atoms with Crippen molar-refractivity contribution in [3.63, 3.8) is 0 Å². The average molecular weight is 306 g/mol. The fourth-order valence-corrected chi connectivity index (χ4v) is 3.10. The van der Waals surface area contributed by atoms with Gasteiger partial charge in [0.1, 0.15) is 0 Å². The molecule has 108 valence electrons. The van der Waals surface area contributed by atoms with Crippen molar-refractivity contribution in [3.8, 4) is 0 Å². The van der Waals surface area contributed by atoms with E-state index in [2.05, 4.69) is 0 Å². The van der Waals surface area contributed by atoms with Gasteiger partial charge in [-0.3, -0.25) is 0 Å². The predicted molar refractivity (Wildman–Crippen MR) is 77.2 cm³/mol. The highest BCUT2D eigenvalue weighted by atomic mass is 35.5. The number of benzene rings is 1. The molecule has 0 saturated heterocycles. The molecule has 0 amide bonds. The van der Waals surface area contributed by atoms with Crippen LogP contribution in [0, 0.1) is 0 Å². The van der Waals surface area contributed by atoms with E-state index >= 15 is 0 Å². The number of methoxy groups -OCH3 is 1. The Labute approximate surface area is 120 Å². The lowest BCUT2D eigenvalue weighted by Crippen LogP contribution is -2.28. The van der Waals surface area contributed by atoms with Crippen LogP contribution in [0.4, 0.5) is 0 Å². The van der Waals surface area contributed by atoms with E-state index in [-0.39, 0.29) is 0 Å². The fourth-order valence-electron chi connectivity index (χ4n) is 1.67. The molecular weight excluding hydrogens is 286 g/mol. The normalized spacial score (nSPS) is 12.0. The van der Waals surface area contributed by atoms with Gasteiger partial charge < -0.3 is 4.74 Å². The summed E-state index contributed by atoms with van der Waals surface area (Å²) in [5.74, 6) is 0.531. The SMILES string of the molecule is COCCCN(C)S(=O)(=O)c1ccc(CCCl)cc1. The Balaban J connectivity index is 2.75. The minimum Gasteiger partial charge on any atom is -0.385 e. The van der Waals surface area contributed by atoms with Crippen LogP contribution in [0.2, 0.25) is 0 Å². The van der Waals surface area contributed by atoms with Crippen LogP contribution < -0.4 is 0 Å². The molecule has 4 nitrogen and oxygen atoms in total. The van der Waals surface area contributed by atoms with E-state index in [0.29, 0.717) is 30.3 Å². The van der Waals surface area contributed by atoms with Crippen LogP contribution >= 0.6 is 11.6 Å². The van der Waals surface area contributed by atoms with E-state index in [4.69, 9.17) is 16.3 Å². The van der Waals surface area contributed by atoms with Crippen LogP contribution in [0.25, 0.3) is 0 Å². The van der Waals surface area contributed by atoms with Gasteiger partial charge in [0.05, 0.1) is 4.90 Å². The summed E-state index contributed by atoms with van der Waals surface area (Å²) in [5, 5.41) is 0. The Morgan fingerprint density at radius 2 is 1.89 bits per heavy atom. The summed E-state index contributed by atoms with van der Waals surface area (Å²) in [5.41, 5.74) is 1.04. The average Bonchev–Trinajstić information content (AvgIpc) is 2.40. The molecule has 0 atom stereocenters. The molecule has 0 saturated carbocycles. The van der Waals surface area contributed by atoms with Crippen molar-refractivity contribution >= 4 is 21.6 Å². The molecule has 19 heavy (non-hydrogen) atoms. The van der Waals surface area contributed by atoms with Crippen molar-refractivity contribution in [2.24, 2.45) is 0 Å². The molecular formula is C13H20ClNO3S. The molecule has 1 aromatic rings. The molecule has 0 aromatic heterocycles. The van der Waals surface area contributed by atoms with Crippen molar-refractivity contribution in [3.05, 3.63) is 29.8 Å². The Kier molecular flexibility index (Phi) is 6.79. The molecule has 6 heteroatoms. The monoisotopic (exact) mass is 305 g/mol. The van der Waals surface area contributed by atoms with Crippen LogP contribution in [0.15, 0.2) is 29.2 Å². The molecule has 0 bridgehead atoms. The van der Waals surface area contributed by atoms with Gasteiger partial charge >= 0.3 is 0 Å². The second-order valence-electron chi connectivity index (χ2n) is 4.26. The zero-order valence-corrected chi connectivity index (χ0v) is 12.9.